The average Bonchev–Trinajstić information content (AvgIpc) is 3.56. The van der Waals surface area contributed by atoms with Crippen LogP contribution in [-0.4, -0.2) is 30.5 Å². The fraction of sp³-hybridized carbons (Fsp3) is 0.190. The van der Waals surface area contributed by atoms with Crippen molar-refractivity contribution in [3.8, 4) is 17.2 Å². The van der Waals surface area contributed by atoms with Gasteiger partial charge in [0.2, 0.25) is 0 Å². The van der Waals surface area contributed by atoms with E-state index in [9.17, 15) is 14.0 Å². The summed E-state index contributed by atoms with van der Waals surface area (Å²) in [6, 6.07) is 7.24. The summed E-state index contributed by atoms with van der Waals surface area (Å²) in [5, 5.41) is 5.50. The number of rotatable bonds is 6. The van der Waals surface area contributed by atoms with Crippen LogP contribution in [-0.2, 0) is 0 Å². The highest BCUT2D eigenvalue weighted by Gasteiger charge is 2.24. The highest BCUT2D eigenvalue weighted by molar-refractivity contribution is 6.34. The fourth-order valence-electron chi connectivity index (χ4n) is 2.92. The molecule has 1 heterocycles. The first-order chi connectivity index (χ1) is 14.5. The Morgan fingerprint density at radius 3 is 2.73 bits per heavy atom. The summed E-state index contributed by atoms with van der Waals surface area (Å²) >= 11 is 6.09. The molecule has 1 aliphatic rings. The van der Waals surface area contributed by atoms with Crippen LogP contribution in [0.1, 0.15) is 23.2 Å². The summed E-state index contributed by atoms with van der Waals surface area (Å²) in [5.74, 6) is -0.303. The molecule has 7 nitrogen and oxygen atoms in total. The summed E-state index contributed by atoms with van der Waals surface area (Å²) in [7, 11) is 1.45. The monoisotopic (exact) mass is 429 g/mol. The zero-order valence-electron chi connectivity index (χ0n) is 15.9. The van der Waals surface area contributed by atoms with Gasteiger partial charge in [-0.05, 0) is 37.1 Å². The zero-order chi connectivity index (χ0) is 21.3. The van der Waals surface area contributed by atoms with E-state index >= 15 is 0 Å². The molecule has 2 N–H and O–H groups in total. The maximum atomic E-state index is 14.8. The second-order valence-electron chi connectivity index (χ2n) is 6.75. The van der Waals surface area contributed by atoms with Gasteiger partial charge in [0.15, 0.2) is 17.9 Å². The van der Waals surface area contributed by atoms with E-state index in [0.29, 0.717) is 28.5 Å². The number of methoxy groups -OCH3 is 1. The number of aldehydes is 1. The smallest absolute Gasteiger partial charge is 0.319 e. The van der Waals surface area contributed by atoms with Crippen LogP contribution in [0.4, 0.5) is 14.9 Å². The molecule has 2 aromatic carbocycles. The van der Waals surface area contributed by atoms with Gasteiger partial charge in [-0.2, -0.15) is 0 Å². The lowest BCUT2D eigenvalue weighted by atomic mass is 10.1. The molecule has 0 spiro atoms. The Labute approximate surface area is 176 Å². The van der Waals surface area contributed by atoms with E-state index in [2.05, 4.69) is 15.6 Å². The molecule has 3 aromatic rings. The summed E-state index contributed by atoms with van der Waals surface area (Å²) in [4.78, 5) is 27.5. The summed E-state index contributed by atoms with van der Waals surface area (Å²) in [6.07, 6.45) is 4.01. The van der Waals surface area contributed by atoms with Gasteiger partial charge in [0.25, 0.3) is 0 Å². The second kappa shape index (κ2) is 8.16. The third-order valence-electron chi connectivity index (χ3n) is 4.61. The first kappa shape index (κ1) is 19.9. The Balaban J connectivity index is 1.63. The number of amides is 2. The third kappa shape index (κ3) is 3.99. The Bertz CT molecular complexity index is 1150. The average molecular weight is 430 g/mol. The number of hydrogen-bond donors (Lipinski definition) is 2. The Kier molecular flexibility index (Phi) is 5.41. The van der Waals surface area contributed by atoms with Crippen LogP contribution in [0.3, 0.4) is 0 Å². The minimum absolute atomic E-state index is 0.132. The van der Waals surface area contributed by atoms with Crippen LogP contribution in [0.5, 0.6) is 17.2 Å². The number of nitrogens with zero attached hydrogens (tertiary/aromatic N) is 1. The molecular weight excluding hydrogens is 413 g/mol. The van der Waals surface area contributed by atoms with Crippen LogP contribution >= 0.6 is 11.6 Å². The second-order valence-corrected chi connectivity index (χ2v) is 7.13. The van der Waals surface area contributed by atoms with Gasteiger partial charge < -0.3 is 20.1 Å². The number of anilines is 1. The van der Waals surface area contributed by atoms with E-state index in [1.54, 1.807) is 18.2 Å². The minimum Gasteiger partial charge on any atom is -0.496 e. The van der Waals surface area contributed by atoms with Crippen molar-refractivity contribution >= 4 is 40.5 Å². The van der Waals surface area contributed by atoms with Crippen molar-refractivity contribution in [2.24, 2.45) is 0 Å². The number of nitrogens with one attached hydrogen (secondary N) is 2. The van der Waals surface area contributed by atoms with Gasteiger partial charge in [0.05, 0.1) is 23.9 Å². The van der Waals surface area contributed by atoms with Crippen LogP contribution in [0.25, 0.3) is 10.9 Å². The Hall–Kier alpha value is -3.39. The molecule has 1 aromatic heterocycles. The highest BCUT2D eigenvalue weighted by atomic mass is 35.5. The molecule has 1 fully saturated rings. The van der Waals surface area contributed by atoms with Crippen molar-refractivity contribution in [1.29, 1.82) is 0 Å². The van der Waals surface area contributed by atoms with Crippen LogP contribution in [0, 0.1) is 5.82 Å². The van der Waals surface area contributed by atoms with Gasteiger partial charge in [0, 0.05) is 23.7 Å². The zero-order valence-corrected chi connectivity index (χ0v) is 16.6. The molecule has 30 heavy (non-hydrogen) atoms. The lowest BCUT2D eigenvalue weighted by Crippen LogP contribution is -2.30. The molecule has 0 bridgehead atoms. The van der Waals surface area contributed by atoms with Gasteiger partial charge >= 0.3 is 6.03 Å². The third-order valence-corrected chi connectivity index (χ3v) is 4.98. The maximum absolute atomic E-state index is 14.8. The van der Waals surface area contributed by atoms with Crippen molar-refractivity contribution in [2.75, 3.05) is 12.4 Å². The SMILES string of the molecule is COc1cc2nccc(Oc3ccc(NC(=O)NC4CC4)c(Cl)c3F)c2cc1C=O. The molecule has 0 aliphatic heterocycles. The molecule has 0 unspecified atom stereocenters. The van der Waals surface area contributed by atoms with E-state index in [-0.39, 0.29) is 28.3 Å². The van der Waals surface area contributed by atoms with Gasteiger partial charge in [-0.3, -0.25) is 9.78 Å². The lowest BCUT2D eigenvalue weighted by molar-refractivity contribution is 0.112. The van der Waals surface area contributed by atoms with E-state index < -0.39 is 11.8 Å². The van der Waals surface area contributed by atoms with E-state index in [1.807, 2.05) is 0 Å². The van der Waals surface area contributed by atoms with Crippen LogP contribution in [0.15, 0.2) is 36.5 Å². The number of carbonyl (C=O) groups is 2. The predicted octanol–water partition coefficient (Wildman–Crippen LogP) is 4.92. The molecule has 0 radical (unpaired) electrons. The molecular formula is C21H17ClFN3O4. The topological polar surface area (TPSA) is 89.6 Å². The van der Waals surface area contributed by atoms with Gasteiger partial charge in [-0.1, -0.05) is 11.6 Å². The number of aromatic nitrogens is 1. The number of carbonyl (C=O) groups excluding carboxylic acids is 2. The molecule has 1 saturated carbocycles. The van der Waals surface area contributed by atoms with Crippen molar-refractivity contribution in [1.82, 2.24) is 10.3 Å². The number of fused-ring (bicyclic) bond motifs is 1. The van der Waals surface area contributed by atoms with E-state index in [4.69, 9.17) is 21.1 Å². The van der Waals surface area contributed by atoms with Crippen LogP contribution < -0.4 is 20.1 Å². The molecule has 154 valence electrons. The molecule has 4 rings (SSSR count). The van der Waals surface area contributed by atoms with E-state index in [0.717, 1.165) is 12.8 Å². The minimum atomic E-state index is -0.824. The first-order valence-corrected chi connectivity index (χ1v) is 9.53. The molecule has 0 atom stereocenters. The highest BCUT2D eigenvalue weighted by Crippen LogP contribution is 2.37. The maximum Gasteiger partial charge on any atom is 0.319 e. The standard InChI is InChI=1S/C21H17ClFN3O4/c1-29-18-9-15-13(8-11(18)10-27)16(6-7-24-15)30-17-5-4-14(19(22)20(17)23)26-21(28)25-12-2-3-12/h4-10,12H,2-3H2,1H3,(H2,25,26,28). The van der Waals surface area contributed by atoms with Crippen molar-refractivity contribution in [3.63, 3.8) is 0 Å². The number of halogens is 2. The van der Waals surface area contributed by atoms with Crippen molar-refractivity contribution in [3.05, 3.63) is 52.9 Å². The predicted molar refractivity (Wildman–Crippen MR) is 110 cm³/mol. The van der Waals surface area contributed by atoms with Crippen molar-refractivity contribution in [2.45, 2.75) is 18.9 Å². The van der Waals surface area contributed by atoms with Crippen molar-refractivity contribution < 1.29 is 23.5 Å². The largest absolute Gasteiger partial charge is 0.496 e. The Morgan fingerprint density at radius 2 is 2.03 bits per heavy atom. The summed E-state index contributed by atoms with van der Waals surface area (Å²) < 4.78 is 25.7. The van der Waals surface area contributed by atoms with Gasteiger partial charge in [-0.15, -0.1) is 0 Å². The van der Waals surface area contributed by atoms with Gasteiger partial charge in [-0.25, -0.2) is 9.18 Å². The van der Waals surface area contributed by atoms with Crippen LogP contribution in [0.2, 0.25) is 5.02 Å². The molecule has 1 aliphatic carbocycles. The number of benzene rings is 2. The molecule has 9 heteroatoms. The number of hydrogen-bond acceptors (Lipinski definition) is 5. The van der Waals surface area contributed by atoms with Gasteiger partial charge in [0.1, 0.15) is 16.5 Å². The number of pyridine rings is 1. The molecule has 2 amide bonds. The summed E-state index contributed by atoms with van der Waals surface area (Å²) in [6.45, 7) is 0. The fourth-order valence-corrected chi connectivity index (χ4v) is 3.12. The number of ether oxygens (including phenoxy) is 2. The summed E-state index contributed by atoms with van der Waals surface area (Å²) in [5.41, 5.74) is 0.950. The lowest BCUT2D eigenvalue weighted by Gasteiger charge is -2.14. The van der Waals surface area contributed by atoms with E-state index in [1.165, 1.54) is 25.4 Å². The number of urea groups is 1. The Morgan fingerprint density at radius 1 is 1.23 bits per heavy atom. The normalized spacial score (nSPS) is 13.0. The molecule has 0 saturated heterocycles. The quantitative estimate of drug-likeness (QED) is 0.542. The first-order valence-electron chi connectivity index (χ1n) is 9.15.